The number of ether oxygens (including phenoxy) is 2. The fourth-order valence-electron chi connectivity index (χ4n) is 3.57. The van der Waals surface area contributed by atoms with E-state index in [9.17, 15) is 0 Å². The Hall–Kier alpha value is -1.32. The molecule has 140 valence electrons. The zero-order valence-electron chi connectivity index (χ0n) is 16.6. The summed E-state index contributed by atoms with van der Waals surface area (Å²) in [6.45, 7) is 11.9. The second kappa shape index (κ2) is 9.40. The van der Waals surface area contributed by atoms with Gasteiger partial charge in [-0.3, -0.25) is 0 Å². The van der Waals surface area contributed by atoms with Gasteiger partial charge in [0, 0.05) is 19.3 Å². The molecule has 3 nitrogen and oxygen atoms in total. The number of allylic oxidation sites excluding steroid dienone is 1. The van der Waals surface area contributed by atoms with Crippen molar-refractivity contribution in [3.05, 3.63) is 41.5 Å². The molecule has 2 rings (SSSR count). The third-order valence-corrected chi connectivity index (χ3v) is 5.15. The fraction of sp³-hybridized carbons (Fsp3) is 0.636. The third-order valence-electron chi connectivity index (χ3n) is 5.15. The average Bonchev–Trinajstić information content (AvgIpc) is 2.60. The molecule has 0 bridgehead atoms. The fourth-order valence-corrected chi connectivity index (χ4v) is 3.57. The Morgan fingerprint density at radius 3 is 2.44 bits per heavy atom. The number of rotatable bonds is 8. The summed E-state index contributed by atoms with van der Waals surface area (Å²) in [5.74, 6) is 1.66. The minimum Gasteiger partial charge on any atom is -0.497 e. The van der Waals surface area contributed by atoms with E-state index in [2.05, 4.69) is 63.4 Å². The van der Waals surface area contributed by atoms with E-state index in [1.54, 1.807) is 7.11 Å². The number of methoxy groups -OCH3 is 1. The van der Waals surface area contributed by atoms with Crippen LogP contribution in [0.3, 0.4) is 0 Å². The summed E-state index contributed by atoms with van der Waals surface area (Å²) < 4.78 is 10.8. The number of nitrogens with one attached hydrogen (secondary N) is 1. The first-order valence-electron chi connectivity index (χ1n) is 9.51. The van der Waals surface area contributed by atoms with E-state index >= 15 is 0 Å². The highest BCUT2D eigenvalue weighted by molar-refractivity contribution is 5.32. The molecule has 1 N–H and O–H groups in total. The molecule has 0 aliphatic carbocycles. The van der Waals surface area contributed by atoms with Crippen LogP contribution in [-0.4, -0.2) is 32.9 Å². The molecule has 0 aromatic heterocycles. The van der Waals surface area contributed by atoms with Gasteiger partial charge in [-0.05, 0) is 68.7 Å². The van der Waals surface area contributed by atoms with E-state index in [0.29, 0.717) is 6.04 Å². The summed E-state index contributed by atoms with van der Waals surface area (Å²) in [6, 6.07) is 8.89. The van der Waals surface area contributed by atoms with Crippen molar-refractivity contribution in [1.82, 2.24) is 5.32 Å². The van der Waals surface area contributed by atoms with Crippen LogP contribution in [0.15, 0.2) is 35.9 Å². The van der Waals surface area contributed by atoms with Gasteiger partial charge in [-0.15, -0.1) is 0 Å². The molecule has 0 radical (unpaired) electrons. The van der Waals surface area contributed by atoms with Gasteiger partial charge >= 0.3 is 0 Å². The summed E-state index contributed by atoms with van der Waals surface area (Å²) in [4.78, 5) is 0. The lowest BCUT2D eigenvalue weighted by atomic mass is 9.78. The van der Waals surface area contributed by atoms with Crippen LogP contribution < -0.4 is 10.1 Å². The second-order valence-electron chi connectivity index (χ2n) is 8.13. The molecule has 1 saturated heterocycles. The number of hydrogen-bond acceptors (Lipinski definition) is 3. The maximum Gasteiger partial charge on any atom is 0.118 e. The largest absolute Gasteiger partial charge is 0.497 e. The monoisotopic (exact) mass is 345 g/mol. The maximum absolute atomic E-state index is 5.48. The lowest BCUT2D eigenvalue weighted by Crippen LogP contribution is -2.38. The van der Waals surface area contributed by atoms with Crippen molar-refractivity contribution in [1.29, 1.82) is 0 Å². The van der Waals surface area contributed by atoms with Crippen molar-refractivity contribution in [3.63, 3.8) is 0 Å². The highest BCUT2D eigenvalue weighted by atomic mass is 16.5. The van der Waals surface area contributed by atoms with E-state index in [-0.39, 0.29) is 5.41 Å². The van der Waals surface area contributed by atoms with E-state index in [1.165, 1.54) is 24.0 Å². The Morgan fingerprint density at radius 2 is 1.88 bits per heavy atom. The van der Waals surface area contributed by atoms with Crippen molar-refractivity contribution < 1.29 is 9.47 Å². The van der Waals surface area contributed by atoms with Crippen LogP contribution >= 0.6 is 0 Å². The average molecular weight is 346 g/mol. The van der Waals surface area contributed by atoms with Gasteiger partial charge in [-0.25, -0.2) is 0 Å². The van der Waals surface area contributed by atoms with Crippen molar-refractivity contribution in [2.24, 2.45) is 5.92 Å². The normalized spacial score (nSPS) is 17.2. The minimum absolute atomic E-state index is 0.103. The van der Waals surface area contributed by atoms with Crippen LogP contribution in [-0.2, 0) is 10.2 Å². The smallest absolute Gasteiger partial charge is 0.118 e. The molecule has 0 amide bonds. The van der Waals surface area contributed by atoms with Gasteiger partial charge in [-0.2, -0.15) is 0 Å². The number of hydrogen-bond donors (Lipinski definition) is 1. The van der Waals surface area contributed by atoms with E-state index in [4.69, 9.17) is 9.47 Å². The molecule has 0 saturated carbocycles. The molecule has 25 heavy (non-hydrogen) atoms. The highest BCUT2D eigenvalue weighted by Crippen LogP contribution is 2.30. The van der Waals surface area contributed by atoms with Crippen LogP contribution in [0.5, 0.6) is 5.75 Å². The predicted octanol–water partition coefficient (Wildman–Crippen LogP) is 4.71. The van der Waals surface area contributed by atoms with Gasteiger partial charge in [0.1, 0.15) is 5.75 Å². The summed E-state index contributed by atoms with van der Waals surface area (Å²) in [5.41, 5.74) is 2.83. The van der Waals surface area contributed by atoms with Gasteiger partial charge in [0.05, 0.1) is 7.11 Å². The first-order chi connectivity index (χ1) is 11.9. The van der Waals surface area contributed by atoms with Crippen molar-refractivity contribution in [2.75, 3.05) is 26.9 Å². The van der Waals surface area contributed by atoms with Crippen molar-refractivity contribution >= 4 is 0 Å². The van der Waals surface area contributed by atoms with Gasteiger partial charge in [-0.1, -0.05) is 37.6 Å². The quantitative estimate of drug-likeness (QED) is 0.692. The van der Waals surface area contributed by atoms with Gasteiger partial charge < -0.3 is 14.8 Å². The van der Waals surface area contributed by atoms with E-state index < -0.39 is 0 Å². The van der Waals surface area contributed by atoms with Gasteiger partial charge in [0.25, 0.3) is 0 Å². The molecule has 1 aliphatic heterocycles. The van der Waals surface area contributed by atoms with Gasteiger partial charge in [0.15, 0.2) is 0 Å². The molecule has 1 unspecified atom stereocenters. The van der Waals surface area contributed by atoms with E-state index in [1.807, 2.05) is 0 Å². The third kappa shape index (κ3) is 6.48. The molecule has 0 spiro atoms. The Bertz CT molecular complexity index is 538. The zero-order chi connectivity index (χ0) is 18.3. The molecule has 1 aromatic rings. The number of benzene rings is 1. The Morgan fingerprint density at radius 1 is 1.24 bits per heavy atom. The van der Waals surface area contributed by atoms with Crippen LogP contribution in [0.4, 0.5) is 0 Å². The first kappa shape index (κ1) is 20.0. The Balaban J connectivity index is 2.01. The Kier molecular flexibility index (Phi) is 7.52. The molecule has 1 aliphatic rings. The minimum atomic E-state index is 0.103. The predicted molar refractivity (Wildman–Crippen MR) is 105 cm³/mol. The standard InChI is InChI=1S/C22H35NO2/c1-17(2)14-20(23-16-18-10-12-25-13-11-18)15-22(3,4)19-6-8-21(24-5)9-7-19/h6-9,14,18,20,23H,10-13,15-16H2,1-5H3. The topological polar surface area (TPSA) is 30.5 Å². The maximum atomic E-state index is 5.48. The molecule has 1 atom stereocenters. The molecular formula is C22H35NO2. The second-order valence-corrected chi connectivity index (χ2v) is 8.13. The SMILES string of the molecule is COc1ccc(C(C)(C)CC(C=C(C)C)NCC2CCOCC2)cc1. The Labute approximate surface area is 153 Å². The van der Waals surface area contributed by atoms with Crippen LogP contribution in [0, 0.1) is 5.92 Å². The van der Waals surface area contributed by atoms with Crippen LogP contribution in [0.25, 0.3) is 0 Å². The summed E-state index contributed by atoms with van der Waals surface area (Å²) in [6.07, 6.45) is 5.81. The lowest BCUT2D eigenvalue weighted by molar-refractivity contribution is 0.0656. The van der Waals surface area contributed by atoms with Crippen molar-refractivity contribution in [3.8, 4) is 5.75 Å². The summed E-state index contributed by atoms with van der Waals surface area (Å²) >= 11 is 0. The highest BCUT2D eigenvalue weighted by Gasteiger charge is 2.25. The zero-order valence-corrected chi connectivity index (χ0v) is 16.6. The molecule has 3 heteroatoms. The van der Waals surface area contributed by atoms with Gasteiger partial charge in [0.2, 0.25) is 0 Å². The summed E-state index contributed by atoms with van der Waals surface area (Å²) in [7, 11) is 1.71. The van der Waals surface area contributed by atoms with E-state index in [0.717, 1.165) is 37.8 Å². The van der Waals surface area contributed by atoms with Crippen LogP contribution in [0.2, 0.25) is 0 Å². The summed E-state index contributed by atoms with van der Waals surface area (Å²) in [5, 5.41) is 3.81. The first-order valence-corrected chi connectivity index (χ1v) is 9.51. The van der Waals surface area contributed by atoms with Crippen LogP contribution in [0.1, 0.15) is 52.5 Å². The molecular weight excluding hydrogens is 310 g/mol. The molecule has 1 aromatic carbocycles. The molecule has 1 heterocycles. The van der Waals surface area contributed by atoms with Crippen molar-refractivity contribution in [2.45, 2.75) is 58.4 Å². The molecule has 1 fully saturated rings. The lowest BCUT2D eigenvalue weighted by Gasteiger charge is -2.31.